The van der Waals surface area contributed by atoms with E-state index in [1.165, 1.54) is 71.1 Å². The third-order valence-electron chi connectivity index (χ3n) is 4.31. The van der Waals surface area contributed by atoms with Gasteiger partial charge in [0.2, 0.25) is 0 Å². The molecule has 0 aliphatic carbocycles. The summed E-state index contributed by atoms with van der Waals surface area (Å²) in [4.78, 5) is 21.4. The van der Waals surface area contributed by atoms with Crippen molar-refractivity contribution in [3.05, 3.63) is 0 Å². The van der Waals surface area contributed by atoms with Crippen molar-refractivity contribution in [2.24, 2.45) is 0 Å². The molecular weight excluding hydrogens is 288 g/mol. The normalized spacial score (nSPS) is 12.1. The molecule has 0 aliphatic rings. The molecule has 136 valence electrons. The van der Waals surface area contributed by atoms with Gasteiger partial charge in [-0.3, -0.25) is 4.79 Å². The average Bonchev–Trinajstić information content (AvgIpc) is 2.52. The monoisotopic (exact) mass is 326 g/mol. The number of rotatable bonds is 17. The van der Waals surface area contributed by atoms with Crippen LogP contribution in [0.25, 0.3) is 0 Å². The largest absolute Gasteiger partial charge is 0.463 e. The van der Waals surface area contributed by atoms with Gasteiger partial charge < -0.3 is 9.53 Å². The topological polar surface area (TPSA) is 43.4 Å². The van der Waals surface area contributed by atoms with Crippen LogP contribution in [-0.4, -0.2) is 18.4 Å². The van der Waals surface area contributed by atoms with Gasteiger partial charge in [0, 0.05) is 13.3 Å². The van der Waals surface area contributed by atoms with Crippen LogP contribution in [0.4, 0.5) is 0 Å². The standard InChI is InChI=1S/C20H38O3/c1-3-4-5-13-16-20(23-19(2)22)17-14-11-9-7-6-8-10-12-15-18-21/h18,20H,3-17H2,1-2H3. The Morgan fingerprint density at radius 3 is 1.78 bits per heavy atom. The smallest absolute Gasteiger partial charge is 0.302 e. The van der Waals surface area contributed by atoms with E-state index in [1.54, 1.807) is 0 Å². The molecule has 0 radical (unpaired) electrons. The SMILES string of the molecule is CCCCCCC(CCCCCCCCCCC=O)OC(C)=O. The van der Waals surface area contributed by atoms with Gasteiger partial charge in [0.25, 0.3) is 0 Å². The molecule has 0 saturated heterocycles. The fraction of sp³-hybridized carbons (Fsp3) is 0.900. The number of ether oxygens (including phenoxy) is 1. The second-order valence-corrected chi connectivity index (χ2v) is 6.65. The summed E-state index contributed by atoms with van der Waals surface area (Å²) in [5.74, 6) is -0.138. The van der Waals surface area contributed by atoms with Gasteiger partial charge in [-0.15, -0.1) is 0 Å². The van der Waals surface area contributed by atoms with E-state index in [4.69, 9.17) is 4.74 Å². The molecule has 0 N–H and O–H groups in total. The Bertz CT molecular complexity index is 276. The highest BCUT2D eigenvalue weighted by Crippen LogP contribution is 2.16. The maximum atomic E-state index is 11.2. The average molecular weight is 327 g/mol. The number of carbonyl (C=O) groups is 2. The fourth-order valence-electron chi connectivity index (χ4n) is 2.96. The molecule has 1 atom stereocenters. The van der Waals surface area contributed by atoms with E-state index >= 15 is 0 Å². The molecule has 0 aliphatic heterocycles. The molecule has 0 rings (SSSR count). The summed E-state index contributed by atoms with van der Waals surface area (Å²) in [5.41, 5.74) is 0. The van der Waals surface area contributed by atoms with Gasteiger partial charge >= 0.3 is 5.97 Å². The highest BCUT2D eigenvalue weighted by Gasteiger charge is 2.11. The molecule has 0 heterocycles. The molecule has 3 nitrogen and oxygen atoms in total. The lowest BCUT2D eigenvalue weighted by molar-refractivity contribution is -0.147. The molecule has 0 amide bonds. The lowest BCUT2D eigenvalue weighted by atomic mass is 10.0. The first-order chi connectivity index (χ1) is 11.2. The summed E-state index contributed by atoms with van der Waals surface area (Å²) in [6, 6.07) is 0. The first-order valence-electron chi connectivity index (χ1n) is 9.81. The maximum Gasteiger partial charge on any atom is 0.302 e. The zero-order chi connectivity index (χ0) is 17.2. The lowest BCUT2D eigenvalue weighted by Crippen LogP contribution is -2.16. The number of esters is 1. The van der Waals surface area contributed by atoms with Crippen LogP contribution in [-0.2, 0) is 14.3 Å². The van der Waals surface area contributed by atoms with Crippen molar-refractivity contribution in [3.8, 4) is 0 Å². The third kappa shape index (κ3) is 17.3. The van der Waals surface area contributed by atoms with Crippen LogP contribution in [0.15, 0.2) is 0 Å². The molecule has 1 unspecified atom stereocenters. The second-order valence-electron chi connectivity index (χ2n) is 6.65. The molecule has 0 bridgehead atoms. The van der Waals surface area contributed by atoms with E-state index in [0.29, 0.717) is 0 Å². The molecule has 3 heteroatoms. The van der Waals surface area contributed by atoms with Crippen LogP contribution in [0.3, 0.4) is 0 Å². The van der Waals surface area contributed by atoms with Crippen molar-refractivity contribution in [2.45, 2.75) is 116 Å². The van der Waals surface area contributed by atoms with Crippen LogP contribution < -0.4 is 0 Å². The minimum Gasteiger partial charge on any atom is -0.463 e. The summed E-state index contributed by atoms with van der Waals surface area (Å²) < 4.78 is 5.45. The summed E-state index contributed by atoms with van der Waals surface area (Å²) in [6.07, 6.45) is 18.6. The fourth-order valence-corrected chi connectivity index (χ4v) is 2.96. The van der Waals surface area contributed by atoms with Crippen molar-refractivity contribution in [1.29, 1.82) is 0 Å². The van der Waals surface area contributed by atoms with Gasteiger partial charge in [0.15, 0.2) is 0 Å². The molecule has 0 aromatic carbocycles. The zero-order valence-electron chi connectivity index (χ0n) is 15.5. The maximum absolute atomic E-state index is 11.2. The van der Waals surface area contributed by atoms with Crippen LogP contribution in [0.2, 0.25) is 0 Å². The van der Waals surface area contributed by atoms with E-state index in [2.05, 4.69) is 6.92 Å². The zero-order valence-corrected chi connectivity index (χ0v) is 15.5. The van der Waals surface area contributed by atoms with E-state index < -0.39 is 0 Å². The minimum atomic E-state index is -0.138. The Morgan fingerprint density at radius 1 is 0.826 bits per heavy atom. The van der Waals surface area contributed by atoms with Crippen molar-refractivity contribution >= 4 is 12.3 Å². The first kappa shape index (κ1) is 22.1. The van der Waals surface area contributed by atoms with Crippen molar-refractivity contribution in [2.75, 3.05) is 0 Å². The van der Waals surface area contributed by atoms with Gasteiger partial charge in [-0.2, -0.15) is 0 Å². The number of hydrogen-bond donors (Lipinski definition) is 0. The Balaban J connectivity index is 3.53. The van der Waals surface area contributed by atoms with E-state index in [9.17, 15) is 9.59 Å². The molecule has 23 heavy (non-hydrogen) atoms. The lowest BCUT2D eigenvalue weighted by Gasteiger charge is -2.17. The summed E-state index contributed by atoms with van der Waals surface area (Å²) in [7, 11) is 0. The molecule has 0 aromatic heterocycles. The number of hydrogen-bond acceptors (Lipinski definition) is 3. The van der Waals surface area contributed by atoms with Gasteiger partial charge in [0.1, 0.15) is 12.4 Å². The highest BCUT2D eigenvalue weighted by molar-refractivity contribution is 5.66. The quantitative estimate of drug-likeness (QED) is 0.187. The highest BCUT2D eigenvalue weighted by atomic mass is 16.5. The van der Waals surface area contributed by atoms with Crippen molar-refractivity contribution in [3.63, 3.8) is 0 Å². The van der Waals surface area contributed by atoms with Gasteiger partial charge in [-0.25, -0.2) is 0 Å². The van der Waals surface area contributed by atoms with Gasteiger partial charge in [-0.05, 0) is 32.1 Å². The number of unbranched alkanes of at least 4 members (excludes halogenated alkanes) is 11. The number of aldehydes is 1. The Morgan fingerprint density at radius 2 is 1.30 bits per heavy atom. The number of carbonyl (C=O) groups excluding carboxylic acids is 2. The van der Waals surface area contributed by atoms with E-state index in [1.807, 2.05) is 0 Å². The van der Waals surface area contributed by atoms with Crippen LogP contribution in [0.1, 0.15) is 110 Å². The minimum absolute atomic E-state index is 0.132. The van der Waals surface area contributed by atoms with Crippen LogP contribution in [0.5, 0.6) is 0 Å². The van der Waals surface area contributed by atoms with Gasteiger partial charge in [0.05, 0.1) is 0 Å². The molecule has 0 aromatic rings. The predicted molar refractivity (Wildman–Crippen MR) is 96.5 cm³/mol. The molecular formula is C20H38O3. The summed E-state index contributed by atoms with van der Waals surface area (Å²) in [5, 5.41) is 0. The van der Waals surface area contributed by atoms with Crippen molar-refractivity contribution in [1.82, 2.24) is 0 Å². The van der Waals surface area contributed by atoms with Crippen LogP contribution in [0, 0.1) is 0 Å². The predicted octanol–water partition coefficient (Wildman–Crippen LogP) is 5.99. The van der Waals surface area contributed by atoms with E-state index in [0.717, 1.165) is 38.4 Å². The summed E-state index contributed by atoms with van der Waals surface area (Å²) >= 11 is 0. The molecule has 0 saturated carbocycles. The Hall–Kier alpha value is -0.860. The van der Waals surface area contributed by atoms with E-state index in [-0.39, 0.29) is 12.1 Å². The third-order valence-corrected chi connectivity index (χ3v) is 4.31. The molecule has 0 fully saturated rings. The van der Waals surface area contributed by atoms with Crippen LogP contribution >= 0.6 is 0 Å². The first-order valence-corrected chi connectivity index (χ1v) is 9.81. The Labute approximate surface area is 143 Å². The summed E-state index contributed by atoms with van der Waals surface area (Å²) in [6.45, 7) is 3.73. The second kappa shape index (κ2) is 17.5. The molecule has 0 spiro atoms. The van der Waals surface area contributed by atoms with Gasteiger partial charge in [-0.1, -0.05) is 64.7 Å². The Kier molecular flexibility index (Phi) is 16.8. The van der Waals surface area contributed by atoms with Crippen molar-refractivity contribution < 1.29 is 14.3 Å².